The molecule has 0 aromatic carbocycles. The first kappa shape index (κ1) is 10.2. The van der Waals surface area contributed by atoms with Gasteiger partial charge in [-0.2, -0.15) is 0 Å². The van der Waals surface area contributed by atoms with E-state index in [1.54, 1.807) is 5.57 Å². The second-order valence-electron chi connectivity index (χ2n) is 2.56. The molecule has 0 spiro atoms. The van der Waals surface area contributed by atoms with Gasteiger partial charge in [0.1, 0.15) is 0 Å². The second-order valence-corrected chi connectivity index (χ2v) is 2.56. The molecular formula is C9H14Pt. The number of hydrogen-bond acceptors (Lipinski definition) is 0. The second kappa shape index (κ2) is 5.92. The molecule has 0 saturated carbocycles. The average Bonchev–Trinajstić information content (AvgIpc) is 2.34. The van der Waals surface area contributed by atoms with Crippen LogP contribution < -0.4 is 0 Å². The van der Waals surface area contributed by atoms with E-state index in [4.69, 9.17) is 0 Å². The van der Waals surface area contributed by atoms with Gasteiger partial charge in [0, 0.05) is 21.1 Å². The van der Waals surface area contributed by atoms with Crippen molar-refractivity contribution in [2.75, 3.05) is 0 Å². The summed E-state index contributed by atoms with van der Waals surface area (Å²) in [6, 6.07) is 0. The van der Waals surface area contributed by atoms with Crippen LogP contribution in [0.25, 0.3) is 0 Å². The van der Waals surface area contributed by atoms with Gasteiger partial charge in [-0.25, -0.2) is 0 Å². The first-order valence-electron chi connectivity index (χ1n) is 3.78. The van der Waals surface area contributed by atoms with Gasteiger partial charge in [-0.3, -0.25) is 0 Å². The number of allylic oxidation sites excluding steroid dienone is 4. The van der Waals surface area contributed by atoms with Gasteiger partial charge in [-0.15, -0.1) is 0 Å². The van der Waals surface area contributed by atoms with Crippen LogP contribution in [0, 0.1) is 0 Å². The molecule has 1 rings (SSSR count). The summed E-state index contributed by atoms with van der Waals surface area (Å²) in [4.78, 5) is 0. The molecule has 1 aliphatic rings. The number of unbranched alkanes of at least 4 members (excludes halogenated alkanes) is 1. The maximum atomic E-state index is 2.25. The van der Waals surface area contributed by atoms with Gasteiger partial charge in [0.15, 0.2) is 0 Å². The topological polar surface area (TPSA) is 0 Å². The molecule has 0 aromatic heterocycles. The van der Waals surface area contributed by atoms with E-state index >= 15 is 0 Å². The zero-order chi connectivity index (χ0) is 6.53. The quantitative estimate of drug-likeness (QED) is 0.750. The van der Waals surface area contributed by atoms with Crippen molar-refractivity contribution < 1.29 is 21.1 Å². The fourth-order valence-corrected chi connectivity index (χ4v) is 1.08. The molecule has 0 aliphatic heterocycles. The van der Waals surface area contributed by atoms with Gasteiger partial charge in [0.25, 0.3) is 0 Å². The molecule has 0 unspecified atom stereocenters. The third kappa shape index (κ3) is 3.37. The molecule has 0 aromatic rings. The maximum Gasteiger partial charge on any atom is 0 e. The van der Waals surface area contributed by atoms with Crippen molar-refractivity contribution in [2.45, 2.75) is 32.6 Å². The first-order chi connectivity index (χ1) is 4.43. The molecule has 0 amide bonds. The fraction of sp³-hybridized carbons (Fsp3) is 0.556. The third-order valence-corrected chi connectivity index (χ3v) is 1.70. The summed E-state index contributed by atoms with van der Waals surface area (Å²) >= 11 is 0. The predicted molar refractivity (Wildman–Crippen MR) is 41.4 cm³/mol. The van der Waals surface area contributed by atoms with Gasteiger partial charge in [0.05, 0.1) is 0 Å². The molecule has 0 radical (unpaired) electrons. The fourth-order valence-electron chi connectivity index (χ4n) is 1.08. The summed E-state index contributed by atoms with van der Waals surface area (Å²) < 4.78 is 0. The van der Waals surface area contributed by atoms with Crippen molar-refractivity contribution in [1.29, 1.82) is 0 Å². The zero-order valence-electron chi connectivity index (χ0n) is 6.38. The summed E-state index contributed by atoms with van der Waals surface area (Å²) in [5.41, 5.74) is 1.61. The van der Waals surface area contributed by atoms with Crippen LogP contribution in [0.15, 0.2) is 23.8 Å². The SMILES string of the molecule is CCCCC1=CC=CC1.[Pt]. The molecule has 0 N–H and O–H groups in total. The van der Waals surface area contributed by atoms with Crippen molar-refractivity contribution in [3.05, 3.63) is 23.8 Å². The van der Waals surface area contributed by atoms with E-state index in [2.05, 4.69) is 25.2 Å². The Morgan fingerprint density at radius 1 is 1.50 bits per heavy atom. The van der Waals surface area contributed by atoms with Crippen molar-refractivity contribution in [3.63, 3.8) is 0 Å². The molecule has 0 fully saturated rings. The Morgan fingerprint density at radius 3 is 2.80 bits per heavy atom. The van der Waals surface area contributed by atoms with Crippen molar-refractivity contribution >= 4 is 0 Å². The maximum absolute atomic E-state index is 2.25. The molecule has 0 nitrogen and oxygen atoms in total. The molecule has 0 atom stereocenters. The van der Waals surface area contributed by atoms with Crippen LogP contribution in [0.1, 0.15) is 32.6 Å². The van der Waals surface area contributed by atoms with Crippen molar-refractivity contribution in [3.8, 4) is 0 Å². The van der Waals surface area contributed by atoms with E-state index in [-0.39, 0.29) is 21.1 Å². The monoisotopic (exact) mass is 317 g/mol. The molecule has 0 bridgehead atoms. The van der Waals surface area contributed by atoms with E-state index in [0.29, 0.717) is 0 Å². The smallest absolute Gasteiger partial charge is 0 e. The van der Waals surface area contributed by atoms with E-state index < -0.39 is 0 Å². The molecule has 10 heavy (non-hydrogen) atoms. The van der Waals surface area contributed by atoms with Gasteiger partial charge in [-0.05, 0) is 19.3 Å². The Bertz CT molecular complexity index is 134. The summed E-state index contributed by atoms with van der Waals surface area (Å²) in [5, 5.41) is 0. The first-order valence-corrected chi connectivity index (χ1v) is 3.78. The van der Waals surface area contributed by atoms with Crippen molar-refractivity contribution in [1.82, 2.24) is 0 Å². The standard InChI is InChI=1S/C9H14.Pt/c1-2-3-6-9-7-4-5-8-9;/h4-5,7H,2-3,6,8H2,1H3;. The van der Waals surface area contributed by atoms with E-state index in [1.165, 1.54) is 25.7 Å². The summed E-state index contributed by atoms with van der Waals surface area (Å²) in [6.45, 7) is 2.24. The Balaban J connectivity index is 0.000000810. The molecule has 60 valence electrons. The van der Waals surface area contributed by atoms with Crippen molar-refractivity contribution in [2.24, 2.45) is 0 Å². The van der Waals surface area contributed by atoms with Crippen LogP contribution >= 0.6 is 0 Å². The van der Waals surface area contributed by atoms with Gasteiger partial charge >= 0.3 is 0 Å². The predicted octanol–water partition coefficient (Wildman–Crippen LogP) is 3.06. The minimum Gasteiger partial charge on any atom is -0.0805 e. The van der Waals surface area contributed by atoms with Gasteiger partial charge in [0.2, 0.25) is 0 Å². The zero-order valence-corrected chi connectivity index (χ0v) is 8.65. The number of hydrogen-bond donors (Lipinski definition) is 0. The minimum atomic E-state index is 0. The molecule has 1 heteroatoms. The third-order valence-electron chi connectivity index (χ3n) is 1.70. The molecule has 1 aliphatic carbocycles. The number of rotatable bonds is 3. The Kier molecular flexibility index (Phi) is 6.02. The van der Waals surface area contributed by atoms with E-state index in [0.717, 1.165) is 0 Å². The molecule has 0 saturated heterocycles. The largest absolute Gasteiger partial charge is 0.0805 e. The van der Waals surface area contributed by atoms with Crippen LogP contribution in [0.5, 0.6) is 0 Å². The Hall–Kier alpha value is 0.168. The Morgan fingerprint density at radius 2 is 2.30 bits per heavy atom. The molecular weight excluding hydrogens is 303 g/mol. The summed E-state index contributed by atoms with van der Waals surface area (Å²) in [5.74, 6) is 0. The van der Waals surface area contributed by atoms with Crippen LogP contribution in [-0.2, 0) is 21.1 Å². The van der Waals surface area contributed by atoms with E-state index in [1.807, 2.05) is 0 Å². The normalized spacial score (nSPS) is 14.7. The van der Waals surface area contributed by atoms with Gasteiger partial charge in [-0.1, -0.05) is 37.1 Å². The van der Waals surface area contributed by atoms with Gasteiger partial charge < -0.3 is 0 Å². The van der Waals surface area contributed by atoms with Crippen LogP contribution in [0.2, 0.25) is 0 Å². The van der Waals surface area contributed by atoms with E-state index in [9.17, 15) is 0 Å². The van der Waals surface area contributed by atoms with Crippen LogP contribution in [0.4, 0.5) is 0 Å². The minimum absolute atomic E-state index is 0. The summed E-state index contributed by atoms with van der Waals surface area (Å²) in [6.07, 6.45) is 11.8. The Labute approximate surface area is 77.7 Å². The van der Waals surface area contributed by atoms with Crippen LogP contribution in [-0.4, -0.2) is 0 Å². The summed E-state index contributed by atoms with van der Waals surface area (Å²) in [7, 11) is 0. The molecule has 0 heterocycles. The average molecular weight is 317 g/mol. The van der Waals surface area contributed by atoms with Crippen LogP contribution in [0.3, 0.4) is 0 Å².